The lowest BCUT2D eigenvalue weighted by molar-refractivity contribution is -0.120. The predicted octanol–water partition coefficient (Wildman–Crippen LogP) is 1.14. The summed E-state index contributed by atoms with van der Waals surface area (Å²) < 4.78 is 0. The molecule has 0 saturated heterocycles. The Bertz CT molecular complexity index is 411. The van der Waals surface area contributed by atoms with E-state index in [-0.39, 0.29) is 6.42 Å². The molecular weight excluding hydrogens is 192 g/mol. The van der Waals surface area contributed by atoms with Crippen molar-refractivity contribution in [2.45, 2.75) is 24.9 Å². The zero-order valence-electron chi connectivity index (χ0n) is 8.27. The number of rotatable bonds is 1. The molecule has 3 heteroatoms. The van der Waals surface area contributed by atoms with Gasteiger partial charge in [0.2, 0.25) is 5.78 Å². The van der Waals surface area contributed by atoms with E-state index in [2.05, 4.69) is 0 Å². The van der Waals surface area contributed by atoms with E-state index in [1.54, 1.807) is 12.1 Å². The molecule has 0 saturated carbocycles. The summed E-state index contributed by atoms with van der Waals surface area (Å²) >= 11 is 0. The lowest BCUT2D eigenvalue weighted by Gasteiger charge is -2.17. The van der Waals surface area contributed by atoms with E-state index in [1.165, 1.54) is 0 Å². The average Bonchev–Trinajstić information content (AvgIpc) is 2.39. The van der Waals surface area contributed by atoms with Crippen molar-refractivity contribution in [3.05, 3.63) is 35.4 Å². The van der Waals surface area contributed by atoms with Gasteiger partial charge in [-0.05, 0) is 24.8 Å². The standard InChI is InChI=1S/C12H12O3/c13-8-12(15)7-3-5-9-4-1-2-6-10(9)11(12)14/h1-2,4,6,8,15H,3,5,7H2. The van der Waals surface area contributed by atoms with Gasteiger partial charge < -0.3 is 5.11 Å². The van der Waals surface area contributed by atoms with Crippen molar-refractivity contribution in [3.8, 4) is 0 Å². The zero-order chi connectivity index (χ0) is 10.9. The Labute approximate surface area is 87.7 Å². The number of aldehydes is 1. The monoisotopic (exact) mass is 204 g/mol. The summed E-state index contributed by atoms with van der Waals surface area (Å²) in [6.45, 7) is 0. The van der Waals surface area contributed by atoms with Crippen LogP contribution in [0.5, 0.6) is 0 Å². The Morgan fingerprint density at radius 1 is 1.33 bits per heavy atom. The second kappa shape index (κ2) is 3.59. The molecule has 1 aliphatic carbocycles. The minimum Gasteiger partial charge on any atom is -0.374 e. The molecule has 1 atom stereocenters. The Morgan fingerprint density at radius 2 is 2.07 bits per heavy atom. The van der Waals surface area contributed by atoms with Crippen LogP contribution in [-0.4, -0.2) is 22.8 Å². The molecule has 0 spiro atoms. The van der Waals surface area contributed by atoms with E-state index in [1.807, 2.05) is 12.1 Å². The number of Topliss-reactive ketones (excluding diaryl/α,β-unsaturated/α-hetero) is 1. The first kappa shape index (κ1) is 10.1. The van der Waals surface area contributed by atoms with E-state index in [4.69, 9.17) is 0 Å². The minimum atomic E-state index is -1.81. The SMILES string of the molecule is O=CC1(O)CCCc2ccccc2C1=O. The molecule has 0 bridgehead atoms. The second-order valence-electron chi connectivity index (χ2n) is 3.88. The highest BCUT2D eigenvalue weighted by atomic mass is 16.3. The van der Waals surface area contributed by atoms with E-state index in [0.29, 0.717) is 18.3 Å². The molecule has 0 aliphatic heterocycles. The van der Waals surface area contributed by atoms with Crippen LogP contribution in [0.3, 0.4) is 0 Å². The summed E-state index contributed by atoms with van der Waals surface area (Å²) in [7, 11) is 0. The third kappa shape index (κ3) is 1.59. The predicted molar refractivity (Wildman–Crippen MR) is 54.7 cm³/mol. The molecule has 78 valence electrons. The number of aryl methyl sites for hydroxylation is 1. The van der Waals surface area contributed by atoms with Crippen molar-refractivity contribution in [1.29, 1.82) is 0 Å². The summed E-state index contributed by atoms with van der Waals surface area (Å²) in [4.78, 5) is 22.7. The molecule has 2 rings (SSSR count). The molecule has 1 aliphatic rings. The molecule has 1 aromatic carbocycles. The maximum atomic E-state index is 11.9. The van der Waals surface area contributed by atoms with Gasteiger partial charge in [-0.2, -0.15) is 0 Å². The van der Waals surface area contributed by atoms with Crippen molar-refractivity contribution in [2.75, 3.05) is 0 Å². The molecular formula is C12H12O3. The number of ketones is 1. The van der Waals surface area contributed by atoms with Crippen LogP contribution in [0, 0.1) is 0 Å². The van der Waals surface area contributed by atoms with E-state index < -0.39 is 11.4 Å². The van der Waals surface area contributed by atoms with Gasteiger partial charge in [0.15, 0.2) is 11.9 Å². The van der Waals surface area contributed by atoms with E-state index in [9.17, 15) is 14.7 Å². The molecule has 15 heavy (non-hydrogen) atoms. The molecule has 1 unspecified atom stereocenters. The highest BCUT2D eigenvalue weighted by molar-refractivity contribution is 6.12. The molecule has 0 heterocycles. The van der Waals surface area contributed by atoms with Gasteiger partial charge in [0.05, 0.1) is 0 Å². The van der Waals surface area contributed by atoms with Gasteiger partial charge in [-0.25, -0.2) is 0 Å². The number of benzene rings is 1. The summed E-state index contributed by atoms with van der Waals surface area (Å²) in [5.74, 6) is -0.467. The van der Waals surface area contributed by atoms with Crippen LogP contribution in [0.15, 0.2) is 24.3 Å². The van der Waals surface area contributed by atoms with Gasteiger partial charge >= 0.3 is 0 Å². The molecule has 0 fully saturated rings. The smallest absolute Gasteiger partial charge is 0.201 e. The van der Waals surface area contributed by atoms with Gasteiger partial charge in [0.25, 0.3) is 0 Å². The molecule has 0 aromatic heterocycles. The summed E-state index contributed by atoms with van der Waals surface area (Å²) in [6.07, 6.45) is 1.96. The van der Waals surface area contributed by atoms with Crippen molar-refractivity contribution in [3.63, 3.8) is 0 Å². The van der Waals surface area contributed by atoms with Crippen LogP contribution in [0.2, 0.25) is 0 Å². The normalized spacial score (nSPS) is 25.5. The Kier molecular flexibility index (Phi) is 2.40. The number of hydrogen-bond donors (Lipinski definition) is 1. The van der Waals surface area contributed by atoms with Crippen LogP contribution < -0.4 is 0 Å². The summed E-state index contributed by atoms with van der Waals surface area (Å²) in [5.41, 5.74) is -0.419. The van der Waals surface area contributed by atoms with E-state index in [0.717, 1.165) is 12.0 Å². The molecule has 0 radical (unpaired) electrons. The fourth-order valence-corrected chi connectivity index (χ4v) is 1.97. The van der Waals surface area contributed by atoms with Gasteiger partial charge in [-0.3, -0.25) is 9.59 Å². The number of hydrogen-bond acceptors (Lipinski definition) is 3. The van der Waals surface area contributed by atoms with Crippen LogP contribution in [0.4, 0.5) is 0 Å². The fraction of sp³-hybridized carbons (Fsp3) is 0.333. The summed E-state index contributed by atoms with van der Waals surface area (Å²) in [5, 5.41) is 9.86. The topological polar surface area (TPSA) is 54.4 Å². The molecule has 1 aromatic rings. The molecule has 3 nitrogen and oxygen atoms in total. The van der Waals surface area contributed by atoms with Crippen molar-refractivity contribution < 1.29 is 14.7 Å². The van der Waals surface area contributed by atoms with Gasteiger partial charge in [0.1, 0.15) is 0 Å². The highest BCUT2D eigenvalue weighted by Gasteiger charge is 2.38. The number of fused-ring (bicyclic) bond motifs is 1. The maximum absolute atomic E-state index is 11.9. The zero-order valence-corrected chi connectivity index (χ0v) is 8.27. The van der Waals surface area contributed by atoms with Crippen LogP contribution in [0.25, 0.3) is 0 Å². The quantitative estimate of drug-likeness (QED) is 0.424. The van der Waals surface area contributed by atoms with Crippen LogP contribution in [-0.2, 0) is 11.2 Å². The third-order valence-corrected chi connectivity index (χ3v) is 2.85. The van der Waals surface area contributed by atoms with Crippen LogP contribution in [0.1, 0.15) is 28.8 Å². The third-order valence-electron chi connectivity index (χ3n) is 2.85. The lowest BCUT2D eigenvalue weighted by atomic mass is 9.92. The van der Waals surface area contributed by atoms with Crippen molar-refractivity contribution >= 4 is 12.1 Å². The fourth-order valence-electron chi connectivity index (χ4n) is 1.97. The number of carbonyl (C=O) groups is 2. The lowest BCUT2D eigenvalue weighted by Crippen LogP contribution is -2.39. The second-order valence-corrected chi connectivity index (χ2v) is 3.88. The highest BCUT2D eigenvalue weighted by Crippen LogP contribution is 2.26. The van der Waals surface area contributed by atoms with Crippen molar-refractivity contribution in [1.82, 2.24) is 0 Å². The Balaban J connectivity index is 2.52. The number of carbonyl (C=O) groups excluding carboxylic acids is 2. The average molecular weight is 204 g/mol. The van der Waals surface area contributed by atoms with Gasteiger partial charge in [-0.1, -0.05) is 24.3 Å². The van der Waals surface area contributed by atoms with Crippen molar-refractivity contribution in [2.24, 2.45) is 0 Å². The first-order chi connectivity index (χ1) is 7.17. The first-order valence-corrected chi connectivity index (χ1v) is 4.99. The van der Waals surface area contributed by atoms with Crippen LogP contribution >= 0.6 is 0 Å². The Morgan fingerprint density at radius 3 is 2.80 bits per heavy atom. The largest absolute Gasteiger partial charge is 0.374 e. The van der Waals surface area contributed by atoms with E-state index >= 15 is 0 Å². The molecule has 0 amide bonds. The van der Waals surface area contributed by atoms with Gasteiger partial charge in [0, 0.05) is 5.56 Å². The van der Waals surface area contributed by atoms with Gasteiger partial charge in [-0.15, -0.1) is 0 Å². The maximum Gasteiger partial charge on any atom is 0.201 e. The number of aliphatic hydroxyl groups is 1. The molecule has 1 N–H and O–H groups in total. The first-order valence-electron chi connectivity index (χ1n) is 4.99. The summed E-state index contributed by atoms with van der Waals surface area (Å²) in [6, 6.07) is 7.13. The minimum absolute atomic E-state index is 0.212. The Hall–Kier alpha value is -1.48.